The minimum absolute atomic E-state index is 0.244. The number of nitrogens with two attached hydrogens (primary N) is 1. The van der Waals surface area contributed by atoms with E-state index in [4.69, 9.17) is 5.73 Å². The third-order valence-electron chi connectivity index (χ3n) is 3.48. The third-order valence-corrected chi connectivity index (χ3v) is 4.17. The lowest BCUT2D eigenvalue weighted by atomic mass is 9.82. The summed E-state index contributed by atoms with van der Waals surface area (Å²) >= 11 is 3.51. The molecule has 0 aromatic heterocycles. The predicted molar refractivity (Wildman–Crippen MR) is 69.2 cm³/mol. The van der Waals surface area contributed by atoms with Crippen molar-refractivity contribution >= 4 is 21.6 Å². The summed E-state index contributed by atoms with van der Waals surface area (Å²) in [6.07, 6.45) is 1.19. The van der Waals surface area contributed by atoms with Crippen molar-refractivity contribution in [3.63, 3.8) is 0 Å². The molecule has 0 fully saturated rings. The second kappa shape index (κ2) is 3.00. The number of anilines is 1. The molecule has 2 N–H and O–H groups in total. The van der Waals surface area contributed by atoms with Crippen LogP contribution in [-0.2, 0) is 10.8 Å². The Morgan fingerprint density at radius 1 is 1.07 bits per heavy atom. The molecular formula is C13H18BrN. The van der Waals surface area contributed by atoms with Gasteiger partial charge in [0.2, 0.25) is 0 Å². The van der Waals surface area contributed by atoms with Crippen LogP contribution in [0.15, 0.2) is 16.6 Å². The molecule has 0 atom stereocenters. The van der Waals surface area contributed by atoms with Gasteiger partial charge in [0, 0.05) is 10.2 Å². The Morgan fingerprint density at radius 3 is 2.07 bits per heavy atom. The fourth-order valence-electron chi connectivity index (χ4n) is 3.01. The first kappa shape index (κ1) is 11.0. The number of hydrogen-bond acceptors (Lipinski definition) is 1. The molecule has 0 spiro atoms. The summed E-state index contributed by atoms with van der Waals surface area (Å²) in [7, 11) is 0. The maximum absolute atomic E-state index is 5.96. The summed E-state index contributed by atoms with van der Waals surface area (Å²) in [6.45, 7) is 9.22. The second-order valence-electron chi connectivity index (χ2n) is 5.86. The molecule has 1 aromatic rings. The van der Waals surface area contributed by atoms with E-state index in [1.807, 2.05) is 0 Å². The first-order chi connectivity index (χ1) is 6.74. The Morgan fingerprint density at radius 2 is 1.53 bits per heavy atom. The predicted octanol–water partition coefficient (Wildman–Crippen LogP) is 3.99. The van der Waals surface area contributed by atoms with E-state index in [0.29, 0.717) is 0 Å². The highest BCUT2D eigenvalue weighted by Crippen LogP contribution is 2.50. The molecule has 0 aliphatic heterocycles. The fraction of sp³-hybridized carbons (Fsp3) is 0.538. The van der Waals surface area contributed by atoms with Crippen molar-refractivity contribution in [1.29, 1.82) is 0 Å². The van der Waals surface area contributed by atoms with Crippen LogP contribution in [0.2, 0.25) is 0 Å². The molecule has 2 rings (SSSR count). The molecule has 0 bridgehead atoms. The lowest BCUT2D eigenvalue weighted by Gasteiger charge is -2.22. The van der Waals surface area contributed by atoms with Crippen LogP contribution >= 0.6 is 15.9 Å². The molecule has 1 aliphatic carbocycles. The van der Waals surface area contributed by atoms with Gasteiger partial charge in [-0.05, 0) is 56.4 Å². The van der Waals surface area contributed by atoms with Crippen molar-refractivity contribution in [1.82, 2.24) is 0 Å². The highest BCUT2D eigenvalue weighted by molar-refractivity contribution is 9.10. The number of fused-ring (bicyclic) bond motifs is 1. The van der Waals surface area contributed by atoms with E-state index in [1.165, 1.54) is 17.5 Å². The average molecular weight is 268 g/mol. The Balaban J connectivity index is 2.71. The molecule has 0 heterocycles. The topological polar surface area (TPSA) is 26.0 Å². The molecule has 1 nitrogen and oxygen atoms in total. The summed E-state index contributed by atoms with van der Waals surface area (Å²) in [5.74, 6) is 0. The highest BCUT2D eigenvalue weighted by Gasteiger charge is 2.42. The highest BCUT2D eigenvalue weighted by atomic mass is 79.9. The molecule has 0 saturated heterocycles. The Hall–Kier alpha value is -0.500. The second-order valence-corrected chi connectivity index (χ2v) is 6.72. The van der Waals surface area contributed by atoms with Gasteiger partial charge in [0.15, 0.2) is 0 Å². The summed E-state index contributed by atoms with van der Waals surface area (Å²) in [6, 6.07) is 4.33. The van der Waals surface area contributed by atoms with Gasteiger partial charge in [-0.25, -0.2) is 0 Å². The van der Waals surface area contributed by atoms with Gasteiger partial charge in [0.25, 0.3) is 0 Å². The quantitative estimate of drug-likeness (QED) is 0.707. The van der Waals surface area contributed by atoms with Crippen LogP contribution in [0.25, 0.3) is 0 Å². The van der Waals surface area contributed by atoms with Crippen LogP contribution in [0.4, 0.5) is 5.69 Å². The number of nitrogen functional groups attached to an aromatic ring is 1. The Bertz CT molecular complexity index is 380. The molecule has 0 amide bonds. The molecule has 0 saturated carbocycles. The van der Waals surface area contributed by atoms with Crippen molar-refractivity contribution in [3.8, 4) is 0 Å². The lowest BCUT2D eigenvalue weighted by Crippen LogP contribution is -2.17. The smallest absolute Gasteiger partial charge is 0.0461 e. The average Bonchev–Trinajstić information content (AvgIpc) is 2.21. The number of halogens is 1. The zero-order chi connectivity index (χ0) is 11.4. The van der Waals surface area contributed by atoms with Crippen molar-refractivity contribution in [3.05, 3.63) is 27.7 Å². The van der Waals surface area contributed by atoms with Crippen LogP contribution in [0.5, 0.6) is 0 Å². The fourth-order valence-corrected chi connectivity index (χ4v) is 3.35. The summed E-state index contributed by atoms with van der Waals surface area (Å²) in [4.78, 5) is 0. The summed E-state index contributed by atoms with van der Waals surface area (Å²) in [5.41, 5.74) is 10.2. The minimum Gasteiger partial charge on any atom is -0.398 e. The van der Waals surface area contributed by atoms with Gasteiger partial charge >= 0.3 is 0 Å². The molecule has 0 radical (unpaired) electrons. The van der Waals surface area contributed by atoms with Gasteiger partial charge in [-0.15, -0.1) is 0 Å². The molecular weight excluding hydrogens is 250 g/mol. The number of hydrogen-bond donors (Lipinski definition) is 1. The van der Waals surface area contributed by atoms with Gasteiger partial charge in [-0.2, -0.15) is 0 Å². The standard InChI is InChI=1S/C13H18BrN/c1-12(2)7-13(3,4)9-6-11(15)10(14)5-8(9)12/h5-6H,7,15H2,1-4H3. The zero-order valence-corrected chi connectivity index (χ0v) is 11.4. The maximum Gasteiger partial charge on any atom is 0.0461 e. The first-order valence-electron chi connectivity index (χ1n) is 5.34. The van der Waals surface area contributed by atoms with Gasteiger partial charge < -0.3 is 5.73 Å². The van der Waals surface area contributed by atoms with Crippen molar-refractivity contribution in [2.45, 2.75) is 44.9 Å². The molecule has 82 valence electrons. The van der Waals surface area contributed by atoms with Crippen LogP contribution in [0, 0.1) is 0 Å². The van der Waals surface area contributed by atoms with E-state index in [-0.39, 0.29) is 10.8 Å². The van der Waals surface area contributed by atoms with Gasteiger partial charge in [-0.3, -0.25) is 0 Å². The van der Waals surface area contributed by atoms with Crippen LogP contribution in [0.1, 0.15) is 45.2 Å². The third kappa shape index (κ3) is 1.59. The van der Waals surface area contributed by atoms with E-state index < -0.39 is 0 Å². The first-order valence-corrected chi connectivity index (χ1v) is 6.13. The van der Waals surface area contributed by atoms with E-state index in [2.05, 4.69) is 55.8 Å². The van der Waals surface area contributed by atoms with Crippen molar-refractivity contribution in [2.24, 2.45) is 0 Å². The van der Waals surface area contributed by atoms with E-state index >= 15 is 0 Å². The largest absolute Gasteiger partial charge is 0.398 e. The normalized spacial score (nSPS) is 21.4. The summed E-state index contributed by atoms with van der Waals surface area (Å²) < 4.78 is 1.02. The molecule has 2 heteroatoms. The van der Waals surface area contributed by atoms with Crippen molar-refractivity contribution < 1.29 is 0 Å². The van der Waals surface area contributed by atoms with Crippen molar-refractivity contribution in [2.75, 3.05) is 5.73 Å². The molecule has 1 aromatic carbocycles. The van der Waals surface area contributed by atoms with Crippen LogP contribution in [0.3, 0.4) is 0 Å². The van der Waals surface area contributed by atoms with E-state index in [9.17, 15) is 0 Å². The SMILES string of the molecule is CC1(C)CC(C)(C)c2cc(Br)c(N)cc21. The Kier molecular flexibility index (Phi) is 2.20. The van der Waals surface area contributed by atoms with Gasteiger partial charge in [0.05, 0.1) is 0 Å². The summed E-state index contributed by atoms with van der Waals surface area (Å²) in [5, 5.41) is 0. The Labute approximate surface area is 100 Å². The van der Waals surface area contributed by atoms with Crippen LogP contribution in [-0.4, -0.2) is 0 Å². The van der Waals surface area contributed by atoms with E-state index in [0.717, 1.165) is 10.2 Å². The van der Waals surface area contributed by atoms with Gasteiger partial charge in [-0.1, -0.05) is 27.7 Å². The monoisotopic (exact) mass is 267 g/mol. The number of benzene rings is 1. The molecule has 1 aliphatic rings. The molecule has 0 unspecified atom stereocenters. The van der Waals surface area contributed by atoms with Gasteiger partial charge in [0.1, 0.15) is 0 Å². The van der Waals surface area contributed by atoms with Crippen LogP contribution < -0.4 is 5.73 Å². The minimum atomic E-state index is 0.244. The maximum atomic E-state index is 5.96. The van der Waals surface area contributed by atoms with E-state index in [1.54, 1.807) is 0 Å². The zero-order valence-electron chi connectivity index (χ0n) is 9.82. The lowest BCUT2D eigenvalue weighted by molar-refractivity contribution is 0.403. The number of rotatable bonds is 0. The molecule has 15 heavy (non-hydrogen) atoms.